The molecule has 3 rings (SSSR count). The van der Waals surface area contributed by atoms with Crippen molar-refractivity contribution < 1.29 is 9.53 Å². The van der Waals surface area contributed by atoms with E-state index in [1.165, 1.54) is 37.8 Å². The number of aryl methyl sites for hydroxylation is 1. The van der Waals surface area contributed by atoms with Crippen molar-refractivity contribution in [2.45, 2.75) is 58.5 Å². The Morgan fingerprint density at radius 1 is 1.24 bits per heavy atom. The molecule has 0 atom stereocenters. The summed E-state index contributed by atoms with van der Waals surface area (Å²) >= 11 is 0. The molecule has 1 fully saturated rings. The Labute approximate surface area is 173 Å². The van der Waals surface area contributed by atoms with Gasteiger partial charge in [0, 0.05) is 24.0 Å². The zero-order valence-electron chi connectivity index (χ0n) is 17.5. The summed E-state index contributed by atoms with van der Waals surface area (Å²) in [6, 6.07) is 12.2. The van der Waals surface area contributed by atoms with Crippen molar-refractivity contribution in [3.8, 4) is 11.8 Å². The lowest BCUT2D eigenvalue weighted by Crippen LogP contribution is -2.23. The number of rotatable bonds is 6. The van der Waals surface area contributed by atoms with Crippen LogP contribution in [0.5, 0.6) is 5.75 Å². The average Bonchev–Trinajstić information content (AvgIpc) is 3.04. The van der Waals surface area contributed by atoms with E-state index in [0.717, 1.165) is 22.6 Å². The third kappa shape index (κ3) is 4.89. The van der Waals surface area contributed by atoms with Crippen molar-refractivity contribution in [1.82, 2.24) is 9.88 Å². The third-order valence-electron chi connectivity index (χ3n) is 5.74. The van der Waals surface area contributed by atoms with Gasteiger partial charge in [0.2, 0.25) is 0 Å². The molecule has 1 aliphatic carbocycles. The highest BCUT2D eigenvalue weighted by Gasteiger charge is 2.20. The minimum absolute atomic E-state index is 0.127. The Kier molecular flexibility index (Phi) is 6.77. The maximum absolute atomic E-state index is 12.5. The fraction of sp³-hybridized carbons (Fsp3) is 0.417. The number of carbonyl (C=O) groups is 1. The SMILES string of the molecule is COc1ccc(CNC(=O)C(C#N)=Cc2cc(C)n(C3CCCCC3)c2C)cc1. The molecule has 1 N–H and O–H groups in total. The van der Waals surface area contributed by atoms with E-state index in [1.807, 2.05) is 24.3 Å². The van der Waals surface area contributed by atoms with E-state index in [2.05, 4.69) is 35.9 Å². The van der Waals surface area contributed by atoms with Crippen molar-refractivity contribution in [2.24, 2.45) is 0 Å². The monoisotopic (exact) mass is 391 g/mol. The molecule has 1 heterocycles. The van der Waals surface area contributed by atoms with Crippen molar-refractivity contribution in [3.63, 3.8) is 0 Å². The lowest BCUT2D eigenvalue weighted by molar-refractivity contribution is -0.117. The molecule has 1 saturated carbocycles. The zero-order valence-corrected chi connectivity index (χ0v) is 17.5. The molecule has 1 aromatic heterocycles. The summed E-state index contributed by atoms with van der Waals surface area (Å²) in [6.45, 7) is 4.55. The van der Waals surface area contributed by atoms with Crippen LogP contribution in [0.3, 0.4) is 0 Å². The van der Waals surface area contributed by atoms with Crippen LogP contribution in [-0.2, 0) is 11.3 Å². The summed E-state index contributed by atoms with van der Waals surface area (Å²) in [6.07, 6.45) is 7.97. The number of nitriles is 1. The molecule has 5 nitrogen and oxygen atoms in total. The largest absolute Gasteiger partial charge is 0.497 e. The van der Waals surface area contributed by atoms with Gasteiger partial charge in [-0.05, 0) is 62.1 Å². The molecule has 5 heteroatoms. The number of nitrogens with zero attached hydrogens (tertiary/aromatic N) is 2. The van der Waals surface area contributed by atoms with Crippen LogP contribution in [0.25, 0.3) is 6.08 Å². The Balaban J connectivity index is 1.73. The number of ether oxygens (including phenoxy) is 1. The zero-order chi connectivity index (χ0) is 20.8. The molecule has 0 aliphatic heterocycles. The highest BCUT2D eigenvalue weighted by Crippen LogP contribution is 2.32. The molecular weight excluding hydrogens is 362 g/mol. The maximum Gasteiger partial charge on any atom is 0.262 e. The van der Waals surface area contributed by atoms with E-state index < -0.39 is 0 Å². The fourth-order valence-corrected chi connectivity index (χ4v) is 4.17. The standard InChI is InChI=1S/C24H29N3O2/c1-17-13-20(18(2)27(17)22-7-5-4-6-8-22)14-21(15-25)24(28)26-16-19-9-11-23(29-3)12-10-19/h9-14,22H,4-8,16H2,1-3H3,(H,26,28). The lowest BCUT2D eigenvalue weighted by atomic mass is 9.95. The highest BCUT2D eigenvalue weighted by atomic mass is 16.5. The van der Waals surface area contributed by atoms with Crippen molar-refractivity contribution in [2.75, 3.05) is 7.11 Å². The number of hydrogen-bond donors (Lipinski definition) is 1. The van der Waals surface area contributed by atoms with Crippen molar-refractivity contribution in [3.05, 3.63) is 58.4 Å². The second-order valence-electron chi connectivity index (χ2n) is 7.69. The van der Waals surface area contributed by atoms with E-state index in [4.69, 9.17) is 4.74 Å². The van der Waals surface area contributed by atoms with Crippen molar-refractivity contribution >= 4 is 12.0 Å². The number of benzene rings is 1. The Bertz CT molecular complexity index is 926. The summed E-state index contributed by atoms with van der Waals surface area (Å²) in [5, 5.41) is 12.4. The van der Waals surface area contributed by atoms with E-state index in [-0.39, 0.29) is 11.5 Å². The van der Waals surface area contributed by atoms with Crippen LogP contribution in [0.15, 0.2) is 35.9 Å². The first-order chi connectivity index (χ1) is 14.0. The molecule has 1 aromatic carbocycles. The van der Waals surface area contributed by atoms with Gasteiger partial charge < -0.3 is 14.6 Å². The quantitative estimate of drug-likeness (QED) is 0.566. The first-order valence-corrected chi connectivity index (χ1v) is 10.2. The van der Waals surface area contributed by atoms with Gasteiger partial charge in [-0.3, -0.25) is 4.79 Å². The first-order valence-electron chi connectivity index (χ1n) is 10.2. The molecule has 0 bridgehead atoms. The van der Waals surface area contributed by atoms with Crippen LogP contribution >= 0.6 is 0 Å². The predicted molar refractivity (Wildman–Crippen MR) is 114 cm³/mol. The number of nitrogens with one attached hydrogen (secondary N) is 1. The van der Waals surface area contributed by atoms with Crippen LogP contribution in [0, 0.1) is 25.2 Å². The van der Waals surface area contributed by atoms with Gasteiger partial charge in [0.15, 0.2) is 0 Å². The summed E-state index contributed by atoms with van der Waals surface area (Å²) in [5.74, 6) is 0.414. The Morgan fingerprint density at radius 2 is 1.93 bits per heavy atom. The van der Waals surface area contributed by atoms with E-state index in [9.17, 15) is 10.1 Å². The fourth-order valence-electron chi connectivity index (χ4n) is 4.17. The maximum atomic E-state index is 12.5. The van der Waals surface area contributed by atoms with E-state index in [0.29, 0.717) is 12.6 Å². The van der Waals surface area contributed by atoms with Gasteiger partial charge >= 0.3 is 0 Å². The summed E-state index contributed by atoms with van der Waals surface area (Å²) in [7, 11) is 1.62. The van der Waals surface area contributed by atoms with Crippen LogP contribution < -0.4 is 10.1 Å². The smallest absolute Gasteiger partial charge is 0.262 e. The third-order valence-corrected chi connectivity index (χ3v) is 5.74. The number of aromatic nitrogens is 1. The molecular formula is C24H29N3O2. The normalized spacial score (nSPS) is 15.0. The van der Waals surface area contributed by atoms with Crippen LogP contribution in [0.1, 0.15) is 60.7 Å². The van der Waals surface area contributed by atoms with Gasteiger partial charge in [-0.1, -0.05) is 31.4 Å². The predicted octanol–water partition coefficient (Wildman–Crippen LogP) is 4.84. The number of methoxy groups -OCH3 is 1. The minimum Gasteiger partial charge on any atom is -0.497 e. The van der Waals surface area contributed by atoms with Gasteiger partial charge in [-0.2, -0.15) is 5.26 Å². The molecule has 0 saturated heterocycles. The molecule has 29 heavy (non-hydrogen) atoms. The average molecular weight is 392 g/mol. The van der Waals surface area contributed by atoms with Crippen LogP contribution in [-0.4, -0.2) is 17.6 Å². The topological polar surface area (TPSA) is 67.0 Å². The van der Waals surface area contributed by atoms with Gasteiger partial charge in [0.1, 0.15) is 17.4 Å². The second kappa shape index (κ2) is 9.47. The summed E-state index contributed by atoms with van der Waals surface area (Å²) < 4.78 is 7.53. The van der Waals surface area contributed by atoms with E-state index >= 15 is 0 Å². The van der Waals surface area contributed by atoms with Crippen LogP contribution in [0.2, 0.25) is 0 Å². The van der Waals surface area contributed by atoms with Crippen molar-refractivity contribution in [1.29, 1.82) is 5.26 Å². The van der Waals surface area contributed by atoms with E-state index in [1.54, 1.807) is 13.2 Å². The highest BCUT2D eigenvalue weighted by molar-refractivity contribution is 6.01. The minimum atomic E-state index is -0.356. The molecule has 0 unspecified atom stereocenters. The van der Waals surface area contributed by atoms with Gasteiger partial charge in [-0.15, -0.1) is 0 Å². The molecule has 152 valence electrons. The molecule has 0 spiro atoms. The summed E-state index contributed by atoms with van der Waals surface area (Å²) in [4.78, 5) is 12.5. The number of carbonyl (C=O) groups excluding carboxylic acids is 1. The summed E-state index contributed by atoms with van der Waals surface area (Å²) in [5.41, 5.74) is 4.35. The molecule has 2 aromatic rings. The number of amides is 1. The van der Waals surface area contributed by atoms with Crippen LogP contribution in [0.4, 0.5) is 0 Å². The van der Waals surface area contributed by atoms with Gasteiger partial charge in [0.05, 0.1) is 7.11 Å². The Hall–Kier alpha value is -3.00. The molecule has 1 amide bonds. The first kappa shape index (κ1) is 20.7. The van der Waals surface area contributed by atoms with Gasteiger partial charge in [0.25, 0.3) is 5.91 Å². The molecule has 1 aliphatic rings. The second-order valence-corrected chi connectivity index (χ2v) is 7.69. The Morgan fingerprint density at radius 3 is 2.55 bits per heavy atom. The molecule has 0 radical (unpaired) electrons. The van der Waals surface area contributed by atoms with Gasteiger partial charge in [-0.25, -0.2) is 0 Å². The lowest BCUT2D eigenvalue weighted by Gasteiger charge is -2.26. The number of hydrogen-bond acceptors (Lipinski definition) is 3.